The van der Waals surface area contributed by atoms with Gasteiger partial charge in [-0.3, -0.25) is 14.4 Å². The van der Waals surface area contributed by atoms with Crippen molar-refractivity contribution in [1.29, 1.82) is 0 Å². The van der Waals surface area contributed by atoms with Crippen molar-refractivity contribution in [2.24, 2.45) is 10.8 Å². The molecule has 18 heavy (non-hydrogen) atoms. The molecular formula is C13H21NO4. The van der Waals surface area contributed by atoms with Gasteiger partial charge < -0.3 is 5.21 Å². The predicted octanol–water partition coefficient (Wildman–Crippen LogP) is 1.23. The molecule has 0 aromatic carbocycles. The lowest BCUT2D eigenvalue weighted by atomic mass is 9.60. The monoisotopic (exact) mass is 255 g/mol. The highest BCUT2D eigenvalue weighted by atomic mass is 16.5. The number of carbonyl (C=O) groups is 3. The molecule has 1 N–H and O–H groups in total. The van der Waals surface area contributed by atoms with Crippen LogP contribution in [0, 0.1) is 10.8 Å². The van der Waals surface area contributed by atoms with E-state index in [0.29, 0.717) is 0 Å². The van der Waals surface area contributed by atoms with Crippen molar-refractivity contribution in [3.05, 3.63) is 0 Å². The fraction of sp³-hybridized carbons (Fsp3) is 0.769. The molecule has 5 heteroatoms. The van der Waals surface area contributed by atoms with E-state index in [0.717, 1.165) is 5.06 Å². The molecule has 0 unspecified atom stereocenters. The topological polar surface area (TPSA) is 74.7 Å². The standard InChI is InChI=1S/C13H21NO4/c1-7(2)14(18)8-9(15)12(3,4)11(17)13(5,6)10(8)16/h7-8,18H,1-6H3. The lowest BCUT2D eigenvalue weighted by Gasteiger charge is -2.43. The van der Waals surface area contributed by atoms with Crippen LogP contribution >= 0.6 is 0 Å². The number of hydrogen-bond donors (Lipinski definition) is 1. The molecule has 0 atom stereocenters. The Hall–Kier alpha value is -1.07. The van der Waals surface area contributed by atoms with Crippen LogP contribution in [0.4, 0.5) is 0 Å². The van der Waals surface area contributed by atoms with E-state index in [1.165, 1.54) is 27.7 Å². The van der Waals surface area contributed by atoms with Gasteiger partial charge in [-0.1, -0.05) is 0 Å². The molecule has 0 aliphatic heterocycles. The third-order valence-corrected chi connectivity index (χ3v) is 3.66. The van der Waals surface area contributed by atoms with Gasteiger partial charge in [0, 0.05) is 6.04 Å². The first-order valence-corrected chi connectivity index (χ1v) is 6.06. The van der Waals surface area contributed by atoms with E-state index < -0.39 is 34.2 Å². The van der Waals surface area contributed by atoms with Crippen molar-refractivity contribution in [2.45, 2.75) is 53.6 Å². The van der Waals surface area contributed by atoms with Gasteiger partial charge in [0.15, 0.2) is 23.4 Å². The lowest BCUT2D eigenvalue weighted by Crippen LogP contribution is -2.65. The average molecular weight is 255 g/mol. The van der Waals surface area contributed by atoms with Crippen LogP contribution in [0.1, 0.15) is 41.5 Å². The molecule has 1 aliphatic rings. The van der Waals surface area contributed by atoms with Crippen LogP contribution in [0.25, 0.3) is 0 Å². The Balaban J connectivity index is 3.33. The highest BCUT2D eigenvalue weighted by molar-refractivity contribution is 6.30. The van der Waals surface area contributed by atoms with E-state index in [-0.39, 0.29) is 6.04 Å². The molecule has 0 aromatic rings. The van der Waals surface area contributed by atoms with Crippen molar-refractivity contribution in [3.63, 3.8) is 0 Å². The summed E-state index contributed by atoms with van der Waals surface area (Å²) in [6.07, 6.45) is 0. The maximum atomic E-state index is 12.3. The molecule has 1 aliphatic carbocycles. The Morgan fingerprint density at radius 1 is 1.00 bits per heavy atom. The summed E-state index contributed by atoms with van der Waals surface area (Å²) in [6, 6.07) is -1.63. The fourth-order valence-corrected chi connectivity index (χ4v) is 2.35. The maximum absolute atomic E-state index is 12.3. The van der Waals surface area contributed by atoms with E-state index in [4.69, 9.17) is 0 Å². The minimum absolute atomic E-state index is 0.372. The van der Waals surface area contributed by atoms with Crippen molar-refractivity contribution >= 4 is 17.3 Å². The number of rotatable bonds is 2. The SMILES string of the molecule is CC(C)N(O)C1C(=O)C(C)(C)C(=O)C(C)(C)C1=O. The zero-order chi connectivity index (χ0) is 14.5. The smallest absolute Gasteiger partial charge is 0.172 e. The van der Waals surface area contributed by atoms with Gasteiger partial charge in [-0.05, 0) is 41.5 Å². The number of carbonyl (C=O) groups excluding carboxylic acids is 3. The van der Waals surface area contributed by atoms with E-state index in [2.05, 4.69) is 0 Å². The van der Waals surface area contributed by atoms with Gasteiger partial charge in [0.1, 0.15) is 0 Å². The molecule has 0 heterocycles. The first-order chi connectivity index (χ1) is 7.95. The number of Topliss-reactive ketones (excluding diaryl/α,β-unsaturated/α-hetero) is 3. The maximum Gasteiger partial charge on any atom is 0.172 e. The molecule has 0 bridgehead atoms. The zero-order valence-electron chi connectivity index (χ0n) is 11.8. The zero-order valence-corrected chi connectivity index (χ0v) is 11.8. The van der Waals surface area contributed by atoms with Gasteiger partial charge in [0.05, 0.1) is 10.8 Å². The summed E-state index contributed by atoms with van der Waals surface area (Å²) in [5, 5.41) is 10.7. The molecule has 0 saturated heterocycles. The quantitative estimate of drug-likeness (QED) is 0.593. The summed E-state index contributed by atoms with van der Waals surface area (Å²) < 4.78 is 0. The third-order valence-electron chi connectivity index (χ3n) is 3.66. The minimum Gasteiger partial charge on any atom is -0.313 e. The highest BCUT2D eigenvalue weighted by Crippen LogP contribution is 2.39. The van der Waals surface area contributed by atoms with Gasteiger partial charge in [0.25, 0.3) is 0 Å². The van der Waals surface area contributed by atoms with Gasteiger partial charge in [-0.25, -0.2) is 0 Å². The van der Waals surface area contributed by atoms with Crippen molar-refractivity contribution < 1.29 is 19.6 Å². The summed E-state index contributed by atoms with van der Waals surface area (Å²) in [5.74, 6) is -1.46. The highest BCUT2D eigenvalue weighted by Gasteiger charge is 2.59. The van der Waals surface area contributed by atoms with Crippen LogP contribution in [0.5, 0.6) is 0 Å². The van der Waals surface area contributed by atoms with Crippen LogP contribution in [-0.4, -0.2) is 39.7 Å². The Morgan fingerprint density at radius 3 is 1.61 bits per heavy atom. The summed E-state index contributed by atoms with van der Waals surface area (Å²) in [4.78, 5) is 36.7. The van der Waals surface area contributed by atoms with Crippen LogP contribution in [-0.2, 0) is 14.4 Å². The first-order valence-electron chi connectivity index (χ1n) is 6.06. The summed E-state index contributed by atoms with van der Waals surface area (Å²) >= 11 is 0. The summed E-state index contributed by atoms with van der Waals surface area (Å²) in [7, 11) is 0. The second-order valence-electron chi connectivity index (χ2n) is 6.18. The van der Waals surface area contributed by atoms with Crippen molar-refractivity contribution in [3.8, 4) is 0 Å². The normalized spacial score (nSPS) is 24.2. The average Bonchev–Trinajstić information content (AvgIpc) is 2.25. The number of hydrogen-bond acceptors (Lipinski definition) is 5. The lowest BCUT2D eigenvalue weighted by molar-refractivity contribution is -0.188. The van der Waals surface area contributed by atoms with E-state index in [1.807, 2.05) is 0 Å². The molecule has 0 amide bonds. The predicted molar refractivity (Wildman–Crippen MR) is 65.1 cm³/mol. The summed E-state index contributed by atoms with van der Waals surface area (Å²) in [6.45, 7) is 9.38. The largest absolute Gasteiger partial charge is 0.313 e. The number of nitrogens with zero attached hydrogens (tertiary/aromatic N) is 1. The molecule has 102 valence electrons. The molecule has 1 saturated carbocycles. The Bertz CT molecular complexity index is 379. The first kappa shape index (κ1) is 15.0. The molecular weight excluding hydrogens is 234 g/mol. The Kier molecular flexibility index (Phi) is 3.53. The van der Waals surface area contributed by atoms with Crippen LogP contribution < -0.4 is 0 Å². The Labute approximate surface area is 107 Å². The van der Waals surface area contributed by atoms with Crippen LogP contribution in [0.15, 0.2) is 0 Å². The molecule has 1 rings (SSSR count). The number of hydroxylamine groups is 2. The van der Waals surface area contributed by atoms with Crippen molar-refractivity contribution in [1.82, 2.24) is 5.06 Å². The second kappa shape index (κ2) is 4.24. The molecule has 0 spiro atoms. The van der Waals surface area contributed by atoms with E-state index in [9.17, 15) is 19.6 Å². The molecule has 0 radical (unpaired) electrons. The van der Waals surface area contributed by atoms with E-state index >= 15 is 0 Å². The van der Waals surface area contributed by atoms with Gasteiger partial charge >= 0.3 is 0 Å². The molecule has 0 aromatic heterocycles. The van der Waals surface area contributed by atoms with Crippen LogP contribution in [0.3, 0.4) is 0 Å². The van der Waals surface area contributed by atoms with Gasteiger partial charge in [-0.2, -0.15) is 5.06 Å². The van der Waals surface area contributed by atoms with Gasteiger partial charge in [-0.15, -0.1) is 0 Å². The second-order valence-corrected chi connectivity index (χ2v) is 6.18. The van der Waals surface area contributed by atoms with Crippen LogP contribution in [0.2, 0.25) is 0 Å². The van der Waals surface area contributed by atoms with Gasteiger partial charge in [0.2, 0.25) is 0 Å². The Morgan fingerprint density at radius 2 is 1.33 bits per heavy atom. The number of ketones is 3. The minimum atomic E-state index is -1.26. The fourth-order valence-electron chi connectivity index (χ4n) is 2.35. The summed E-state index contributed by atoms with van der Waals surface area (Å²) in [5.41, 5.74) is -2.50. The van der Waals surface area contributed by atoms with Crippen molar-refractivity contribution in [2.75, 3.05) is 0 Å². The molecule has 5 nitrogen and oxygen atoms in total. The van der Waals surface area contributed by atoms with E-state index in [1.54, 1.807) is 13.8 Å². The molecule has 1 fully saturated rings. The third kappa shape index (κ3) is 1.91.